The van der Waals surface area contributed by atoms with Crippen molar-refractivity contribution in [2.75, 3.05) is 0 Å². The van der Waals surface area contributed by atoms with Crippen LogP contribution in [-0.2, 0) is 9.59 Å². The van der Waals surface area contributed by atoms with Crippen molar-refractivity contribution in [1.82, 2.24) is 0 Å². The molecule has 0 spiro atoms. The third kappa shape index (κ3) is 19.9. The van der Waals surface area contributed by atoms with Crippen LogP contribution in [0.5, 0.6) is 0 Å². The van der Waals surface area contributed by atoms with Crippen LogP contribution < -0.4 is 0 Å². The van der Waals surface area contributed by atoms with E-state index < -0.39 is 11.9 Å². The summed E-state index contributed by atoms with van der Waals surface area (Å²) in [5.74, 6) is 2.40. The Morgan fingerprint density at radius 1 is 0.425 bits per heavy atom. The summed E-state index contributed by atoms with van der Waals surface area (Å²) in [6.07, 6.45) is 34.5. The van der Waals surface area contributed by atoms with E-state index in [0.717, 1.165) is 49.4 Å². The van der Waals surface area contributed by atoms with Gasteiger partial charge in [0.1, 0.15) is 0 Å². The molecule has 1 fully saturated rings. The molecule has 1 rings (SSSR count). The molecule has 0 aromatic heterocycles. The molecule has 4 unspecified atom stereocenters. The number of carbonyl (C=O) groups is 2. The van der Waals surface area contributed by atoms with Crippen LogP contribution in [0.1, 0.15) is 194 Å². The molecule has 0 aliphatic heterocycles. The van der Waals surface area contributed by atoms with Crippen molar-refractivity contribution in [2.45, 2.75) is 194 Å². The lowest BCUT2D eigenvalue weighted by molar-refractivity contribution is -0.138. The quantitative estimate of drug-likeness (QED) is 0.0927. The average molecular weight is 565 g/mol. The first-order valence-corrected chi connectivity index (χ1v) is 17.9. The first kappa shape index (κ1) is 37.0. The lowest BCUT2D eigenvalue weighted by Gasteiger charge is -2.42. The predicted molar refractivity (Wildman–Crippen MR) is 170 cm³/mol. The SMILES string of the molecule is CCCCCCCC1CC(CCCCCCCCC(=O)O)C(CCCCCCCCC(=O)O)CC1CCCCC. The highest BCUT2D eigenvalue weighted by Crippen LogP contribution is 2.46. The molecule has 40 heavy (non-hydrogen) atoms. The van der Waals surface area contributed by atoms with Gasteiger partial charge in [0.15, 0.2) is 0 Å². The van der Waals surface area contributed by atoms with Gasteiger partial charge in [-0.25, -0.2) is 0 Å². The fourth-order valence-corrected chi connectivity index (χ4v) is 7.41. The van der Waals surface area contributed by atoms with E-state index in [0.29, 0.717) is 12.8 Å². The third-order valence-corrected chi connectivity index (χ3v) is 9.83. The number of unbranched alkanes of at least 4 members (excludes halogenated alkanes) is 16. The summed E-state index contributed by atoms with van der Waals surface area (Å²) in [5.41, 5.74) is 0. The van der Waals surface area contributed by atoms with Crippen molar-refractivity contribution in [3.8, 4) is 0 Å². The second kappa shape index (κ2) is 25.6. The molecule has 0 bridgehead atoms. The van der Waals surface area contributed by atoms with Crippen molar-refractivity contribution >= 4 is 11.9 Å². The normalized spacial score (nSPS) is 21.1. The molecule has 4 heteroatoms. The molecule has 236 valence electrons. The second-order valence-corrected chi connectivity index (χ2v) is 13.3. The standard InChI is InChI=1S/C36H68O4/c1-3-5-7-12-18-24-32-30-34(26-20-14-9-11-16-22-28-36(39)40)33(29-31(32)23-17-6-4-2)25-19-13-8-10-15-21-27-35(37)38/h31-34H,3-30H2,1-2H3,(H,37,38)(H,39,40). The smallest absolute Gasteiger partial charge is 0.303 e. The average Bonchev–Trinajstić information content (AvgIpc) is 2.92. The van der Waals surface area contributed by atoms with Gasteiger partial charge in [-0.05, 0) is 49.4 Å². The molecule has 0 radical (unpaired) electrons. The number of carboxylic acids is 2. The zero-order chi connectivity index (χ0) is 29.3. The summed E-state index contributed by atoms with van der Waals surface area (Å²) < 4.78 is 0. The molecule has 0 saturated heterocycles. The predicted octanol–water partition coefficient (Wildman–Crippen LogP) is 11.6. The van der Waals surface area contributed by atoms with Gasteiger partial charge in [0.05, 0.1) is 0 Å². The van der Waals surface area contributed by atoms with E-state index in [4.69, 9.17) is 10.2 Å². The van der Waals surface area contributed by atoms with E-state index in [9.17, 15) is 9.59 Å². The highest BCUT2D eigenvalue weighted by atomic mass is 16.4. The lowest BCUT2D eigenvalue weighted by atomic mass is 9.63. The maximum absolute atomic E-state index is 10.7. The molecule has 1 aliphatic rings. The Kier molecular flexibility index (Phi) is 23.7. The van der Waals surface area contributed by atoms with E-state index in [1.807, 2.05) is 0 Å². The van der Waals surface area contributed by atoms with Gasteiger partial charge < -0.3 is 10.2 Å². The van der Waals surface area contributed by atoms with Gasteiger partial charge in [0.2, 0.25) is 0 Å². The van der Waals surface area contributed by atoms with Crippen molar-refractivity contribution in [3.63, 3.8) is 0 Å². The van der Waals surface area contributed by atoms with Crippen LogP contribution >= 0.6 is 0 Å². The van der Waals surface area contributed by atoms with Crippen molar-refractivity contribution < 1.29 is 19.8 Å². The molecule has 4 nitrogen and oxygen atoms in total. The Labute approximate surface area is 248 Å². The first-order valence-electron chi connectivity index (χ1n) is 17.9. The van der Waals surface area contributed by atoms with Crippen LogP contribution in [0.3, 0.4) is 0 Å². The zero-order valence-electron chi connectivity index (χ0n) is 26.8. The summed E-state index contributed by atoms with van der Waals surface area (Å²) in [7, 11) is 0. The Morgan fingerprint density at radius 3 is 1.00 bits per heavy atom. The molecule has 0 aromatic carbocycles. The van der Waals surface area contributed by atoms with Crippen LogP contribution in [0.25, 0.3) is 0 Å². The molecule has 0 heterocycles. The molecule has 1 saturated carbocycles. The fourth-order valence-electron chi connectivity index (χ4n) is 7.41. The van der Waals surface area contributed by atoms with Gasteiger partial charge in [-0.3, -0.25) is 9.59 Å². The zero-order valence-corrected chi connectivity index (χ0v) is 26.8. The van der Waals surface area contributed by atoms with Gasteiger partial charge in [-0.15, -0.1) is 0 Å². The minimum Gasteiger partial charge on any atom is -0.481 e. The topological polar surface area (TPSA) is 74.6 Å². The van der Waals surface area contributed by atoms with Crippen molar-refractivity contribution in [3.05, 3.63) is 0 Å². The maximum atomic E-state index is 10.7. The van der Waals surface area contributed by atoms with Gasteiger partial charge in [0, 0.05) is 12.8 Å². The van der Waals surface area contributed by atoms with E-state index in [-0.39, 0.29) is 0 Å². The van der Waals surface area contributed by atoms with Crippen LogP contribution in [0, 0.1) is 23.7 Å². The Bertz CT molecular complexity index is 604. The molecule has 4 atom stereocenters. The molecular formula is C36H68O4. The Hall–Kier alpha value is -1.06. The van der Waals surface area contributed by atoms with Gasteiger partial charge in [-0.2, -0.15) is 0 Å². The molecule has 0 aromatic rings. The van der Waals surface area contributed by atoms with Gasteiger partial charge in [0.25, 0.3) is 0 Å². The van der Waals surface area contributed by atoms with E-state index >= 15 is 0 Å². The number of hydrogen-bond acceptors (Lipinski definition) is 2. The minimum atomic E-state index is -0.658. The molecule has 0 amide bonds. The van der Waals surface area contributed by atoms with Crippen LogP contribution in [0.15, 0.2) is 0 Å². The minimum absolute atomic E-state index is 0.325. The molecular weight excluding hydrogens is 496 g/mol. The summed E-state index contributed by atoms with van der Waals surface area (Å²) >= 11 is 0. The number of aliphatic carboxylic acids is 2. The maximum Gasteiger partial charge on any atom is 0.303 e. The Morgan fingerprint density at radius 2 is 0.675 bits per heavy atom. The monoisotopic (exact) mass is 565 g/mol. The second-order valence-electron chi connectivity index (χ2n) is 13.3. The number of hydrogen-bond donors (Lipinski definition) is 2. The van der Waals surface area contributed by atoms with E-state index in [2.05, 4.69) is 13.8 Å². The van der Waals surface area contributed by atoms with Gasteiger partial charge >= 0.3 is 11.9 Å². The van der Waals surface area contributed by atoms with Crippen LogP contribution in [0.4, 0.5) is 0 Å². The first-order chi connectivity index (χ1) is 19.5. The van der Waals surface area contributed by atoms with Crippen LogP contribution in [-0.4, -0.2) is 22.2 Å². The van der Waals surface area contributed by atoms with Crippen molar-refractivity contribution in [2.24, 2.45) is 23.7 Å². The van der Waals surface area contributed by atoms with Crippen LogP contribution in [0.2, 0.25) is 0 Å². The van der Waals surface area contributed by atoms with Crippen molar-refractivity contribution in [1.29, 1.82) is 0 Å². The number of rotatable bonds is 28. The van der Waals surface area contributed by atoms with E-state index in [1.165, 1.54) is 141 Å². The highest BCUT2D eigenvalue weighted by Gasteiger charge is 2.35. The summed E-state index contributed by atoms with van der Waals surface area (Å²) in [5, 5.41) is 17.7. The molecule has 1 aliphatic carbocycles. The Balaban J connectivity index is 2.58. The van der Waals surface area contributed by atoms with Gasteiger partial charge in [-0.1, -0.05) is 155 Å². The highest BCUT2D eigenvalue weighted by molar-refractivity contribution is 5.66. The lowest BCUT2D eigenvalue weighted by Crippen LogP contribution is -2.32. The number of carboxylic acid groups (broad SMARTS) is 2. The molecule has 2 N–H and O–H groups in total. The summed E-state index contributed by atoms with van der Waals surface area (Å²) in [4.78, 5) is 21.5. The summed E-state index contributed by atoms with van der Waals surface area (Å²) in [6, 6.07) is 0. The fraction of sp³-hybridized carbons (Fsp3) is 0.944. The summed E-state index contributed by atoms with van der Waals surface area (Å²) in [6.45, 7) is 4.64. The van der Waals surface area contributed by atoms with E-state index in [1.54, 1.807) is 0 Å². The third-order valence-electron chi connectivity index (χ3n) is 9.83. The largest absolute Gasteiger partial charge is 0.481 e.